The topological polar surface area (TPSA) is 705 Å². The number of benzene rings is 2. The molecule has 0 aliphatic carbocycles. The first kappa shape index (κ1) is 101. The second-order valence-corrected chi connectivity index (χ2v) is 27.8. The Hall–Kier alpha value is -11.5. The van der Waals surface area contributed by atoms with Crippen LogP contribution >= 0.6 is 25.3 Å². The van der Waals surface area contributed by atoms with Gasteiger partial charge < -0.3 is 133 Å². The summed E-state index contributed by atoms with van der Waals surface area (Å²) in [5.41, 5.74) is 22.9. The summed E-state index contributed by atoms with van der Waals surface area (Å²) < 4.78 is 0. The first-order chi connectivity index (χ1) is 54.9. The van der Waals surface area contributed by atoms with Crippen LogP contribution in [-0.2, 0) is 89.6 Å². The number of carbonyl (C=O) groups excluding carboxylic acids is 15. The molecule has 0 bridgehead atoms. The van der Waals surface area contributed by atoms with Crippen LogP contribution in [0.15, 0.2) is 60.7 Å². The van der Waals surface area contributed by atoms with E-state index in [1.165, 1.54) is 14.0 Å². The van der Waals surface area contributed by atoms with Crippen LogP contribution < -0.4 is 108 Å². The number of thiol groups is 2. The molecule has 2 aromatic carbocycles. The predicted octanol–water partition coefficient (Wildman–Crippen LogP) is -8.78. The predicted molar refractivity (Wildman–Crippen MR) is 430 cm³/mol. The van der Waals surface area contributed by atoms with Crippen molar-refractivity contribution in [3.05, 3.63) is 71.8 Å². The Morgan fingerprint density at radius 1 is 0.448 bits per heavy atom. The molecule has 0 heterocycles. The molecule has 644 valence electrons. The molecule has 43 nitrogen and oxygen atoms in total. The maximum atomic E-state index is 14.5. The van der Waals surface area contributed by atoms with Gasteiger partial charge in [0.1, 0.15) is 72.7 Å². The molecule has 14 atom stereocenters. The van der Waals surface area contributed by atoms with Gasteiger partial charge in [0.2, 0.25) is 82.7 Å². The Balaban J connectivity index is 2.37. The SMILES string of the molecule is CC[C@H](C)[C@H](NC(=O)[C@H](CCCNC(=N)N)NC(=O)CNC(=O)CNC(=O)[C@H](Cc1ccccc1)NC(=O)CN(C)C(=O)[C@H](CS)NC(=O)[C@H](CO)NC(=O)[C@@H](N)CO)C(=O)N[C@@H](CC(=O)O)C(=O)N[C@@H](CCCNC(=N)N)C(=O)N[C@H](C(=O)N[C@@H](CS)C(=O)N[C@@H](Cc1ccccc1)C(=O)N[C@H](C=O)CCCNC(=N)N)[C@@H](C)CC. The van der Waals surface area contributed by atoms with Crippen LogP contribution in [0.25, 0.3) is 0 Å². The lowest BCUT2D eigenvalue weighted by atomic mass is 9.96. The molecule has 0 unspecified atom stereocenters. The number of nitrogens with one attached hydrogen (secondary N) is 19. The van der Waals surface area contributed by atoms with E-state index >= 15 is 0 Å². The molecule has 2 aromatic rings. The summed E-state index contributed by atoms with van der Waals surface area (Å²) in [6, 6.07) is -0.894. The summed E-state index contributed by atoms with van der Waals surface area (Å²) in [6.45, 7) is 2.65. The van der Waals surface area contributed by atoms with Crippen molar-refractivity contribution < 1.29 is 92.0 Å². The van der Waals surface area contributed by atoms with Crippen LogP contribution in [0.3, 0.4) is 0 Å². The smallest absolute Gasteiger partial charge is 0.305 e. The highest BCUT2D eigenvalue weighted by atomic mass is 32.1. The second-order valence-electron chi connectivity index (χ2n) is 27.1. The number of aliphatic carboxylic acids is 1. The van der Waals surface area contributed by atoms with E-state index in [0.29, 0.717) is 23.8 Å². The van der Waals surface area contributed by atoms with Crippen molar-refractivity contribution in [3.8, 4) is 0 Å². The van der Waals surface area contributed by atoms with Crippen molar-refractivity contribution in [3.63, 3.8) is 0 Å². The van der Waals surface area contributed by atoms with Gasteiger partial charge in [-0.15, -0.1) is 0 Å². The van der Waals surface area contributed by atoms with Gasteiger partial charge in [0.15, 0.2) is 17.9 Å². The van der Waals surface area contributed by atoms with Crippen molar-refractivity contribution in [1.82, 2.24) is 90.0 Å². The number of likely N-dealkylation sites (N-methyl/N-ethyl adjacent to an activating group) is 1. The molecule has 0 saturated carbocycles. The van der Waals surface area contributed by atoms with Gasteiger partial charge in [-0.05, 0) is 61.5 Å². The first-order valence-electron chi connectivity index (χ1n) is 37.3. The highest BCUT2D eigenvalue weighted by Crippen LogP contribution is 2.15. The van der Waals surface area contributed by atoms with E-state index in [1.807, 2.05) is 0 Å². The lowest BCUT2D eigenvalue weighted by Crippen LogP contribution is -2.62. The summed E-state index contributed by atoms with van der Waals surface area (Å²) in [5.74, 6) is -18.4. The lowest BCUT2D eigenvalue weighted by molar-refractivity contribution is -0.142. The monoisotopic (exact) mass is 1670 g/mol. The minimum atomic E-state index is -1.98. The van der Waals surface area contributed by atoms with Crippen LogP contribution in [0.2, 0.25) is 0 Å². The zero-order valence-electron chi connectivity index (χ0n) is 65.3. The van der Waals surface area contributed by atoms with Gasteiger partial charge in [-0.3, -0.25) is 88.1 Å². The summed E-state index contributed by atoms with van der Waals surface area (Å²) >= 11 is 8.43. The molecule has 0 radical (unpaired) electrons. The summed E-state index contributed by atoms with van der Waals surface area (Å²) in [4.78, 5) is 218. The van der Waals surface area contributed by atoms with Crippen molar-refractivity contribution in [1.29, 1.82) is 16.2 Å². The molecular weight excluding hydrogens is 1560 g/mol. The molecule has 0 spiro atoms. The fourth-order valence-corrected chi connectivity index (χ4v) is 11.4. The molecule has 0 aliphatic heterocycles. The number of guanidine groups is 3. The standard InChI is InChI=1S/C71H114N24O19S2/c1-6-38(3)56(93-60(106)44(22-15-25-80-70(75)76)85-53(100)31-82-52(99)30-83-59(105)46(27-40-17-10-8-11-18-40)86-54(101)32-95(5)68(114)51(37-116)92-64(110)49(35-98)90-58(104)43(72)34-97)66(112)89-48(29-55(102)103)63(109)87-45(23-16-26-81-71(77)78)61(107)94-57(39(4)7-2)67(113)91-50(36-115)65(111)88-47(28-41-19-12-9-13-20-41)62(108)84-42(33-96)21-14-24-79-69(73)74/h8-13,17-20,33,38-39,42-51,56-57,97-98,115-116H,6-7,14-16,21-32,34-37,72H2,1-5H3,(H,82,99)(H,83,105)(H,84,108)(H,85,100)(H,86,101)(H,87,109)(H,88,111)(H,89,112)(H,90,104)(H,91,113)(H,92,110)(H,93,106)(H,94,107)(H,102,103)(H4,73,74,79)(H4,75,76,80)(H4,77,78,81)/t38-,39-,42-,43-,44-,45-,46-,47-,48-,49-,50-,51-,56-,57-/m0/s1. The maximum Gasteiger partial charge on any atom is 0.305 e. The molecule has 30 N–H and O–H groups in total. The fraction of sp³-hybridized carbons (Fsp3) is 0.563. The highest BCUT2D eigenvalue weighted by Gasteiger charge is 2.38. The molecule has 0 saturated heterocycles. The number of aldehydes is 1. The van der Waals surface area contributed by atoms with Gasteiger partial charge in [-0.1, -0.05) is 101 Å². The third-order valence-electron chi connectivity index (χ3n) is 17.8. The van der Waals surface area contributed by atoms with Crippen LogP contribution in [0, 0.1) is 28.1 Å². The zero-order chi connectivity index (χ0) is 87.1. The number of aliphatic hydroxyl groups is 2. The van der Waals surface area contributed by atoms with E-state index in [9.17, 15) is 92.0 Å². The third-order valence-corrected chi connectivity index (χ3v) is 18.5. The van der Waals surface area contributed by atoms with Gasteiger partial charge in [0, 0.05) is 51.0 Å². The van der Waals surface area contributed by atoms with E-state index in [0.717, 1.165) is 4.90 Å². The number of aliphatic hydroxyl groups excluding tert-OH is 2. The van der Waals surface area contributed by atoms with Crippen LogP contribution in [0.5, 0.6) is 0 Å². The van der Waals surface area contributed by atoms with Gasteiger partial charge in [0.25, 0.3) is 0 Å². The lowest BCUT2D eigenvalue weighted by Gasteiger charge is -2.30. The first-order valence-corrected chi connectivity index (χ1v) is 38.5. The van der Waals surface area contributed by atoms with Crippen LogP contribution in [0.4, 0.5) is 0 Å². The van der Waals surface area contributed by atoms with E-state index in [2.05, 4.69) is 110 Å². The highest BCUT2D eigenvalue weighted by molar-refractivity contribution is 7.80. The van der Waals surface area contributed by atoms with Gasteiger partial charge in [-0.25, -0.2) is 0 Å². The van der Waals surface area contributed by atoms with Gasteiger partial charge in [0.05, 0.1) is 45.3 Å². The normalized spacial score (nSPS) is 14.5. The fourth-order valence-electron chi connectivity index (χ4n) is 10.9. The number of nitrogens with zero attached hydrogens (tertiary/aromatic N) is 1. The average Bonchev–Trinajstić information content (AvgIpc) is 0.764. The third kappa shape index (κ3) is 38.6. The summed E-state index contributed by atoms with van der Waals surface area (Å²) in [7, 11) is 1.20. The molecule has 0 aliphatic rings. The number of amides is 14. The minimum absolute atomic E-state index is 0.00160. The number of hydrogen-bond acceptors (Lipinski definition) is 24. The average molecular weight is 1670 g/mol. The number of nitrogens with two attached hydrogens (primary N) is 4. The molecule has 45 heteroatoms. The Morgan fingerprint density at radius 2 is 0.836 bits per heavy atom. The van der Waals surface area contributed by atoms with Gasteiger partial charge in [-0.2, -0.15) is 25.3 Å². The molecular formula is C71H114N24O19S2. The van der Waals surface area contributed by atoms with Crippen molar-refractivity contribution in [2.75, 3.05) is 71.0 Å². The van der Waals surface area contributed by atoms with E-state index < -0.39 is 224 Å². The number of hydrogen-bond donors (Lipinski definition) is 28. The Bertz CT molecular complexity index is 3650. The molecule has 0 fully saturated rings. The largest absolute Gasteiger partial charge is 0.481 e. The summed E-state index contributed by atoms with van der Waals surface area (Å²) in [5, 5.41) is 91.2. The Kier molecular flexibility index (Phi) is 47.1. The number of carbonyl (C=O) groups is 16. The van der Waals surface area contributed by atoms with E-state index in [-0.39, 0.29) is 94.9 Å². The molecule has 0 aromatic heterocycles. The maximum absolute atomic E-state index is 14.5. The molecule has 116 heavy (non-hydrogen) atoms. The van der Waals surface area contributed by atoms with Crippen LogP contribution in [-0.4, -0.2) is 277 Å². The van der Waals surface area contributed by atoms with Crippen LogP contribution in [0.1, 0.15) is 96.6 Å². The number of carboxylic acid groups (broad SMARTS) is 1. The number of rotatable bonds is 55. The number of carboxylic acids is 1. The molecule has 14 amide bonds. The van der Waals surface area contributed by atoms with Crippen molar-refractivity contribution in [2.24, 2.45) is 34.8 Å². The van der Waals surface area contributed by atoms with Gasteiger partial charge >= 0.3 is 5.97 Å². The quantitative estimate of drug-likeness (QED) is 0.00961. The zero-order valence-corrected chi connectivity index (χ0v) is 67.1. The van der Waals surface area contributed by atoms with Crippen molar-refractivity contribution >= 4 is 138 Å². The van der Waals surface area contributed by atoms with E-state index in [4.69, 9.17) is 39.2 Å². The Morgan fingerprint density at radius 3 is 1.28 bits per heavy atom. The van der Waals surface area contributed by atoms with E-state index in [1.54, 1.807) is 81.4 Å². The Labute approximate surface area is 681 Å². The van der Waals surface area contributed by atoms with Crippen molar-refractivity contribution in [2.45, 2.75) is 171 Å². The minimum Gasteiger partial charge on any atom is -0.481 e. The molecule has 2 rings (SSSR count). The second kappa shape index (κ2) is 54.4. The summed E-state index contributed by atoms with van der Waals surface area (Å²) in [6.07, 6.45) is -0.349.